The number of nitrogens with zero attached hydrogens (tertiary/aromatic N) is 1. The number of hydrogen-bond acceptors (Lipinski definition) is 3. The third-order valence-electron chi connectivity index (χ3n) is 4.12. The van der Waals surface area contributed by atoms with Crippen molar-refractivity contribution in [3.8, 4) is 0 Å². The first-order valence-electron chi connectivity index (χ1n) is 7.38. The van der Waals surface area contributed by atoms with Crippen LogP contribution in [0.15, 0.2) is 41.3 Å². The highest BCUT2D eigenvalue weighted by Gasteiger charge is 2.33. The van der Waals surface area contributed by atoms with Crippen molar-refractivity contribution < 1.29 is 17.9 Å². The summed E-state index contributed by atoms with van der Waals surface area (Å²) in [6.45, 7) is 3.82. The van der Waals surface area contributed by atoms with Crippen molar-refractivity contribution in [2.75, 3.05) is 10.8 Å². The smallest absolute Gasteiger partial charge is 0.264 e. The van der Waals surface area contributed by atoms with Crippen LogP contribution in [0.1, 0.15) is 29.2 Å². The second-order valence-corrected chi connectivity index (χ2v) is 7.68. The van der Waals surface area contributed by atoms with Gasteiger partial charge in [-0.3, -0.25) is 4.31 Å². The first-order chi connectivity index (χ1) is 10.8. The Morgan fingerprint density at radius 1 is 1.17 bits per heavy atom. The van der Waals surface area contributed by atoms with Crippen molar-refractivity contribution in [1.82, 2.24) is 0 Å². The van der Waals surface area contributed by atoms with Gasteiger partial charge in [-0.2, -0.15) is 0 Å². The lowest BCUT2D eigenvalue weighted by Crippen LogP contribution is -2.37. The van der Waals surface area contributed by atoms with Crippen LogP contribution in [0.25, 0.3) is 0 Å². The van der Waals surface area contributed by atoms with E-state index in [-0.39, 0.29) is 17.9 Å². The van der Waals surface area contributed by atoms with E-state index >= 15 is 0 Å². The lowest BCUT2D eigenvalue weighted by Gasteiger charge is -2.33. The molecule has 4 nitrogen and oxygen atoms in total. The largest absolute Gasteiger partial charge is 0.388 e. The SMILES string of the molecule is Cc1ccc(S(=O)(=O)N2CCC(O)c3cc(F)ccc32)c(C)c1. The van der Waals surface area contributed by atoms with Gasteiger partial charge < -0.3 is 5.11 Å². The van der Waals surface area contributed by atoms with Crippen LogP contribution in [-0.4, -0.2) is 20.1 Å². The van der Waals surface area contributed by atoms with Crippen molar-refractivity contribution >= 4 is 15.7 Å². The Bertz CT molecular complexity index is 864. The van der Waals surface area contributed by atoms with Crippen molar-refractivity contribution in [1.29, 1.82) is 0 Å². The van der Waals surface area contributed by atoms with Gasteiger partial charge in [0.1, 0.15) is 5.82 Å². The second-order valence-electron chi connectivity index (χ2n) is 5.85. The van der Waals surface area contributed by atoms with E-state index in [0.29, 0.717) is 16.8 Å². The number of anilines is 1. The molecule has 0 aliphatic carbocycles. The number of aryl methyl sites for hydroxylation is 2. The zero-order valence-corrected chi connectivity index (χ0v) is 13.8. The van der Waals surface area contributed by atoms with E-state index in [2.05, 4.69) is 0 Å². The lowest BCUT2D eigenvalue weighted by molar-refractivity contribution is 0.166. The summed E-state index contributed by atoms with van der Waals surface area (Å²) in [5.41, 5.74) is 2.30. The molecule has 0 bridgehead atoms. The van der Waals surface area contributed by atoms with Gasteiger partial charge in [-0.15, -0.1) is 0 Å². The highest BCUT2D eigenvalue weighted by Crippen LogP contribution is 2.37. The molecule has 1 heterocycles. The first-order valence-corrected chi connectivity index (χ1v) is 8.82. The molecule has 1 aliphatic rings. The van der Waals surface area contributed by atoms with Crippen LogP contribution in [0.2, 0.25) is 0 Å². The summed E-state index contributed by atoms with van der Waals surface area (Å²) in [7, 11) is -3.76. The zero-order valence-electron chi connectivity index (χ0n) is 13.0. The molecule has 3 rings (SSSR count). The Kier molecular flexibility index (Phi) is 3.90. The van der Waals surface area contributed by atoms with Gasteiger partial charge in [0, 0.05) is 12.1 Å². The van der Waals surface area contributed by atoms with Gasteiger partial charge in [-0.1, -0.05) is 17.7 Å². The summed E-state index contributed by atoms with van der Waals surface area (Å²) in [4.78, 5) is 0.231. The molecule has 1 unspecified atom stereocenters. The molecule has 1 N–H and O–H groups in total. The molecule has 0 radical (unpaired) electrons. The fourth-order valence-electron chi connectivity index (χ4n) is 2.99. The van der Waals surface area contributed by atoms with Crippen molar-refractivity contribution in [3.63, 3.8) is 0 Å². The molecule has 0 saturated heterocycles. The van der Waals surface area contributed by atoms with Crippen molar-refractivity contribution in [3.05, 3.63) is 58.9 Å². The summed E-state index contributed by atoms with van der Waals surface area (Å²) in [5.74, 6) is -0.492. The summed E-state index contributed by atoms with van der Waals surface area (Å²) in [5, 5.41) is 10.0. The van der Waals surface area contributed by atoms with Gasteiger partial charge in [0.15, 0.2) is 0 Å². The van der Waals surface area contributed by atoms with Crippen LogP contribution >= 0.6 is 0 Å². The first kappa shape index (κ1) is 16.0. The predicted octanol–water partition coefficient (Wildman–Crippen LogP) is 3.07. The Balaban J connectivity index is 2.13. The molecule has 0 amide bonds. The third kappa shape index (κ3) is 2.72. The van der Waals surface area contributed by atoms with E-state index in [0.717, 1.165) is 5.56 Å². The standard InChI is InChI=1S/C17H18FNO3S/c1-11-3-6-17(12(2)9-11)23(21,22)19-8-7-16(20)14-10-13(18)4-5-15(14)19/h3-6,9-10,16,20H,7-8H2,1-2H3. The topological polar surface area (TPSA) is 57.6 Å². The fourth-order valence-corrected chi connectivity index (χ4v) is 4.71. The molecule has 0 aromatic heterocycles. The molecular weight excluding hydrogens is 317 g/mol. The van der Waals surface area contributed by atoms with Gasteiger partial charge in [-0.05, 0) is 50.1 Å². The van der Waals surface area contributed by atoms with E-state index in [1.807, 2.05) is 13.0 Å². The maximum Gasteiger partial charge on any atom is 0.264 e. The molecule has 1 aliphatic heterocycles. The van der Waals surface area contributed by atoms with Crippen LogP contribution < -0.4 is 4.31 Å². The molecule has 0 fully saturated rings. The predicted molar refractivity (Wildman–Crippen MR) is 86.4 cm³/mol. The maximum atomic E-state index is 13.4. The van der Waals surface area contributed by atoms with Crippen LogP contribution in [0, 0.1) is 19.7 Å². The van der Waals surface area contributed by atoms with Crippen LogP contribution in [0.4, 0.5) is 10.1 Å². The highest BCUT2D eigenvalue weighted by molar-refractivity contribution is 7.92. The zero-order chi connectivity index (χ0) is 16.8. The van der Waals surface area contributed by atoms with Gasteiger partial charge in [0.2, 0.25) is 0 Å². The van der Waals surface area contributed by atoms with Crippen molar-refractivity contribution in [2.45, 2.75) is 31.3 Å². The Morgan fingerprint density at radius 2 is 1.91 bits per heavy atom. The van der Waals surface area contributed by atoms with Gasteiger partial charge >= 0.3 is 0 Å². The van der Waals surface area contributed by atoms with Crippen LogP contribution in [0.5, 0.6) is 0 Å². The molecular formula is C17H18FNO3S. The number of halogens is 1. The normalized spacial score (nSPS) is 17.9. The minimum Gasteiger partial charge on any atom is -0.388 e. The number of hydrogen-bond donors (Lipinski definition) is 1. The Morgan fingerprint density at radius 3 is 2.61 bits per heavy atom. The monoisotopic (exact) mass is 335 g/mol. The van der Waals surface area contributed by atoms with Crippen molar-refractivity contribution in [2.24, 2.45) is 0 Å². The molecule has 0 saturated carbocycles. The summed E-state index contributed by atoms with van der Waals surface area (Å²) >= 11 is 0. The lowest BCUT2D eigenvalue weighted by atomic mass is 10.0. The molecule has 1 atom stereocenters. The summed E-state index contributed by atoms with van der Waals surface area (Å²) in [6.07, 6.45) is -0.619. The Hall–Kier alpha value is -1.92. The van der Waals surface area contributed by atoms with Crippen LogP contribution in [0.3, 0.4) is 0 Å². The number of benzene rings is 2. The number of sulfonamides is 1. The molecule has 2 aromatic rings. The quantitative estimate of drug-likeness (QED) is 0.917. The molecule has 2 aromatic carbocycles. The van der Waals surface area contributed by atoms with E-state index < -0.39 is 21.9 Å². The highest BCUT2D eigenvalue weighted by atomic mass is 32.2. The van der Waals surface area contributed by atoms with E-state index in [9.17, 15) is 17.9 Å². The van der Waals surface area contributed by atoms with Gasteiger partial charge in [0.05, 0.1) is 16.7 Å². The number of fused-ring (bicyclic) bond motifs is 1. The second kappa shape index (κ2) is 5.62. The molecule has 23 heavy (non-hydrogen) atoms. The van der Waals surface area contributed by atoms with Crippen LogP contribution in [-0.2, 0) is 10.0 Å². The Labute approximate surface area is 135 Å². The number of aliphatic hydroxyl groups excluding tert-OH is 1. The molecule has 0 spiro atoms. The molecule has 122 valence electrons. The van der Waals surface area contributed by atoms with Gasteiger partial charge in [-0.25, -0.2) is 12.8 Å². The average molecular weight is 335 g/mol. The van der Waals surface area contributed by atoms with Gasteiger partial charge in [0.25, 0.3) is 10.0 Å². The summed E-state index contributed by atoms with van der Waals surface area (Å²) in [6, 6.07) is 8.98. The maximum absolute atomic E-state index is 13.4. The summed E-state index contributed by atoms with van der Waals surface area (Å²) < 4.78 is 40.7. The number of aliphatic hydroxyl groups is 1. The minimum atomic E-state index is -3.76. The minimum absolute atomic E-state index is 0.162. The van der Waals surface area contributed by atoms with E-state index in [1.54, 1.807) is 19.1 Å². The number of rotatable bonds is 2. The van der Waals surface area contributed by atoms with E-state index in [4.69, 9.17) is 0 Å². The molecule has 6 heteroatoms. The average Bonchev–Trinajstić information content (AvgIpc) is 2.47. The van der Waals surface area contributed by atoms with E-state index in [1.165, 1.54) is 22.5 Å². The fraction of sp³-hybridized carbons (Fsp3) is 0.294. The third-order valence-corrected chi connectivity index (χ3v) is 6.09.